The molecule has 30 heavy (non-hydrogen) atoms. The molecule has 166 valence electrons. The van der Waals surface area contributed by atoms with Gasteiger partial charge in [0.1, 0.15) is 11.7 Å². The van der Waals surface area contributed by atoms with Gasteiger partial charge in [0.2, 0.25) is 5.88 Å². The van der Waals surface area contributed by atoms with Crippen LogP contribution in [0.5, 0.6) is 5.88 Å². The summed E-state index contributed by atoms with van der Waals surface area (Å²) in [6, 6.07) is 3.91. The number of aryl methyl sites for hydroxylation is 1. The second kappa shape index (κ2) is 11.5. The van der Waals surface area contributed by atoms with Crippen molar-refractivity contribution < 1.29 is 9.84 Å². The Kier molecular flexibility index (Phi) is 9.35. The van der Waals surface area contributed by atoms with Crippen molar-refractivity contribution in [3.8, 4) is 5.88 Å². The van der Waals surface area contributed by atoms with Crippen LogP contribution in [0.25, 0.3) is 0 Å². The lowest BCUT2D eigenvalue weighted by molar-refractivity contribution is 0.0616. The number of hydrogen-bond acceptors (Lipinski definition) is 5. The van der Waals surface area contributed by atoms with Crippen molar-refractivity contribution in [1.29, 1.82) is 0 Å². The van der Waals surface area contributed by atoms with E-state index >= 15 is 0 Å². The predicted octanol–water partition coefficient (Wildman–Crippen LogP) is 2.72. The number of halogens is 1. The minimum Gasteiger partial charge on any atom is -0.474 e. The molecule has 1 fully saturated rings. The van der Waals surface area contributed by atoms with Crippen LogP contribution in [-0.2, 0) is 19.2 Å². The molecule has 0 aliphatic heterocycles. The first-order chi connectivity index (χ1) is 14.0. The Morgan fingerprint density at radius 3 is 2.67 bits per heavy atom. The molecule has 0 aromatic carbocycles. The van der Waals surface area contributed by atoms with Crippen molar-refractivity contribution in [2.75, 3.05) is 13.1 Å². The third kappa shape index (κ3) is 7.12. The van der Waals surface area contributed by atoms with E-state index in [2.05, 4.69) is 25.7 Å². The molecular formula is C21H33IN6O2. The Bertz CT molecular complexity index is 800. The average molecular weight is 528 g/mol. The Morgan fingerprint density at radius 1 is 1.30 bits per heavy atom. The van der Waals surface area contributed by atoms with Gasteiger partial charge in [0.05, 0.1) is 19.3 Å². The first-order valence-electron chi connectivity index (χ1n) is 10.3. The lowest BCUT2D eigenvalue weighted by Gasteiger charge is -2.23. The van der Waals surface area contributed by atoms with Crippen LogP contribution in [0, 0.1) is 0 Å². The number of guanidine groups is 1. The number of hydrogen-bond donors (Lipinski definition) is 3. The molecule has 1 aliphatic carbocycles. The highest BCUT2D eigenvalue weighted by Crippen LogP contribution is 2.23. The highest BCUT2D eigenvalue weighted by molar-refractivity contribution is 14.0. The molecule has 0 saturated heterocycles. The van der Waals surface area contributed by atoms with E-state index in [9.17, 15) is 5.11 Å². The molecule has 3 rings (SSSR count). The van der Waals surface area contributed by atoms with Crippen LogP contribution in [0.15, 0.2) is 35.7 Å². The predicted molar refractivity (Wildman–Crippen MR) is 128 cm³/mol. The number of pyridine rings is 1. The molecule has 8 nitrogen and oxygen atoms in total. The van der Waals surface area contributed by atoms with E-state index in [1.165, 1.54) is 12.8 Å². The van der Waals surface area contributed by atoms with E-state index in [0.29, 0.717) is 31.0 Å². The maximum atomic E-state index is 10.7. The van der Waals surface area contributed by atoms with Crippen molar-refractivity contribution in [2.45, 2.75) is 57.8 Å². The lowest BCUT2D eigenvalue weighted by Crippen LogP contribution is -2.44. The molecule has 0 amide bonds. The minimum absolute atomic E-state index is 0. The Morgan fingerprint density at radius 2 is 2.07 bits per heavy atom. The van der Waals surface area contributed by atoms with Gasteiger partial charge in [-0.3, -0.25) is 4.68 Å². The smallest absolute Gasteiger partial charge is 0.213 e. The van der Waals surface area contributed by atoms with Crippen LogP contribution in [0.4, 0.5) is 0 Å². The van der Waals surface area contributed by atoms with Gasteiger partial charge in [-0.1, -0.05) is 6.07 Å². The first kappa shape index (κ1) is 24.4. The summed E-state index contributed by atoms with van der Waals surface area (Å²) in [7, 11) is 1.83. The van der Waals surface area contributed by atoms with Gasteiger partial charge in [-0.05, 0) is 45.1 Å². The first-order valence-corrected chi connectivity index (χ1v) is 10.3. The van der Waals surface area contributed by atoms with Crippen LogP contribution < -0.4 is 15.4 Å². The summed E-state index contributed by atoms with van der Waals surface area (Å²) < 4.78 is 7.58. The van der Waals surface area contributed by atoms with Crippen molar-refractivity contribution in [2.24, 2.45) is 12.0 Å². The Hall–Kier alpha value is -1.88. The molecule has 2 aromatic heterocycles. The van der Waals surface area contributed by atoms with Gasteiger partial charge in [0.25, 0.3) is 0 Å². The molecule has 1 saturated carbocycles. The van der Waals surface area contributed by atoms with Crippen molar-refractivity contribution >= 4 is 29.9 Å². The molecule has 2 heterocycles. The maximum Gasteiger partial charge on any atom is 0.213 e. The van der Waals surface area contributed by atoms with Crippen LogP contribution >= 0.6 is 24.0 Å². The second-order valence-corrected chi connectivity index (χ2v) is 7.75. The Labute approximate surface area is 195 Å². The van der Waals surface area contributed by atoms with Crippen LogP contribution in [0.2, 0.25) is 0 Å². The number of nitrogens with one attached hydrogen (secondary N) is 2. The van der Waals surface area contributed by atoms with Crippen molar-refractivity contribution in [3.05, 3.63) is 41.9 Å². The quantitative estimate of drug-likeness (QED) is 0.277. The summed E-state index contributed by atoms with van der Waals surface area (Å²) in [5, 5.41) is 21.3. The minimum atomic E-state index is -1.05. The average Bonchev–Trinajstić information content (AvgIpc) is 3.37. The van der Waals surface area contributed by atoms with E-state index in [1.807, 2.05) is 38.5 Å². The standard InChI is InChI=1S/C21H32N6O2.HI/c1-4-22-20(25-15-21(2,28)17-13-26-27(3)14-17)24-12-16-9-10-19(23-11-16)29-18-7-5-6-8-18;/h9-11,13-14,18,28H,4-8,12,15H2,1-3H3,(H2,22,24,25);1H. The number of aliphatic imine (C=N–C) groups is 1. The lowest BCUT2D eigenvalue weighted by atomic mass is 10.00. The number of nitrogens with zero attached hydrogens (tertiary/aromatic N) is 4. The van der Waals surface area contributed by atoms with Gasteiger partial charge in [-0.15, -0.1) is 24.0 Å². The molecular weight excluding hydrogens is 495 g/mol. The number of rotatable bonds is 8. The van der Waals surface area contributed by atoms with Gasteiger partial charge in [0.15, 0.2) is 5.96 Å². The van der Waals surface area contributed by atoms with Gasteiger partial charge < -0.3 is 20.5 Å². The molecule has 3 N–H and O–H groups in total. The van der Waals surface area contributed by atoms with Gasteiger partial charge in [-0.25, -0.2) is 9.98 Å². The molecule has 0 radical (unpaired) electrons. The summed E-state index contributed by atoms with van der Waals surface area (Å²) in [6.45, 7) is 5.30. The third-order valence-corrected chi connectivity index (χ3v) is 5.08. The van der Waals surface area contributed by atoms with E-state index in [-0.39, 0.29) is 24.0 Å². The highest BCUT2D eigenvalue weighted by Gasteiger charge is 2.25. The van der Waals surface area contributed by atoms with Gasteiger partial charge >= 0.3 is 0 Å². The van der Waals surface area contributed by atoms with Gasteiger partial charge in [0, 0.05) is 37.6 Å². The van der Waals surface area contributed by atoms with E-state index < -0.39 is 5.60 Å². The molecule has 0 bridgehead atoms. The molecule has 1 atom stereocenters. The number of aromatic nitrogens is 3. The monoisotopic (exact) mass is 528 g/mol. The fourth-order valence-electron chi connectivity index (χ4n) is 3.32. The van der Waals surface area contributed by atoms with Crippen LogP contribution in [0.1, 0.15) is 50.7 Å². The molecule has 9 heteroatoms. The number of ether oxygens (including phenoxy) is 1. The molecule has 1 unspecified atom stereocenters. The summed E-state index contributed by atoms with van der Waals surface area (Å²) >= 11 is 0. The molecule has 0 spiro atoms. The normalized spacial score (nSPS) is 16.6. The summed E-state index contributed by atoms with van der Waals surface area (Å²) in [4.78, 5) is 9.01. The van der Waals surface area contributed by atoms with Crippen molar-refractivity contribution in [3.63, 3.8) is 0 Å². The third-order valence-electron chi connectivity index (χ3n) is 5.08. The summed E-state index contributed by atoms with van der Waals surface area (Å²) in [5.74, 6) is 1.32. The summed E-state index contributed by atoms with van der Waals surface area (Å²) in [5.41, 5.74) is 0.705. The Balaban J connectivity index is 0.00000320. The fourth-order valence-corrected chi connectivity index (χ4v) is 3.32. The topological polar surface area (TPSA) is 96.6 Å². The zero-order valence-electron chi connectivity index (χ0n) is 18.0. The molecule has 1 aliphatic rings. The van der Waals surface area contributed by atoms with Crippen LogP contribution in [0.3, 0.4) is 0 Å². The SMILES string of the molecule is CCNC(=NCc1ccc(OC2CCCC2)nc1)NCC(C)(O)c1cnn(C)c1.I. The fraction of sp³-hybridized carbons (Fsp3) is 0.571. The van der Waals surface area contributed by atoms with E-state index in [4.69, 9.17) is 4.74 Å². The van der Waals surface area contributed by atoms with E-state index in [1.54, 1.807) is 17.8 Å². The molecule has 2 aromatic rings. The van der Waals surface area contributed by atoms with Gasteiger partial charge in [-0.2, -0.15) is 5.10 Å². The highest BCUT2D eigenvalue weighted by atomic mass is 127. The maximum absolute atomic E-state index is 10.7. The largest absolute Gasteiger partial charge is 0.474 e. The van der Waals surface area contributed by atoms with Crippen LogP contribution in [-0.4, -0.2) is 45.0 Å². The van der Waals surface area contributed by atoms with Crippen molar-refractivity contribution in [1.82, 2.24) is 25.4 Å². The number of aliphatic hydroxyl groups is 1. The zero-order valence-corrected chi connectivity index (χ0v) is 20.3. The van der Waals surface area contributed by atoms with E-state index in [0.717, 1.165) is 30.5 Å². The summed E-state index contributed by atoms with van der Waals surface area (Å²) in [6.07, 6.45) is 10.3. The zero-order chi connectivity index (χ0) is 20.7. The second-order valence-electron chi connectivity index (χ2n) is 7.75.